The Morgan fingerprint density at radius 3 is 2.58 bits per heavy atom. The fraction of sp³-hybridized carbons (Fsp3) is 0.571. The van der Waals surface area contributed by atoms with Gasteiger partial charge in [0.2, 0.25) is 11.7 Å². The van der Waals surface area contributed by atoms with Gasteiger partial charge in [0.25, 0.3) is 5.56 Å². The van der Waals surface area contributed by atoms with Gasteiger partial charge in [-0.05, 0) is 0 Å². The number of aromatic amines is 1. The van der Waals surface area contributed by atoms with Gasteiger partial charge in [-0.1, -0.05) is 0 Å². The molecule has 0 saturated carbocycles. The van der Waals surface area contributed by atoms with Gasteiger partial charge in [-0.2, -0.15) is 4.39 Å². The highest BCUT2D eigenvalue weighted by atomic mass is 19.1. The Morgan fingerprint density at radius 2 is 2.00 bits per heavy atom. The predicted molar refractivity (Wildman–Crippen MR) is 81.4 cm³/mol. The molecule has 5 atom stereocenters. The van der Waals surface area contributed by atoms with E-state index in [0.29, 0.717) is 10.8 Å². The van der Waals surface area contributed by atoms with Gasteiger partial charge in [-0.25, -0.2) is 4.79 Å². The van der Waals surface area contributed by atoms with Crippen molar-refractivity contribution in [2.24, 2.45) is 0 Å². The van der Waals surface area contributed by atoms with Gasteiger partial charge >= 0.3 is 11.7 Å². The van der Waals surface area contributed by atoms with Crippen molar-refractivity contribution in [2.45, 2.75) is 44.4 Å². The number of hydrogen-bond acceptors (Lipinski definition) is 8. The number of nitrogens with one attached hydrogen (secondary N) is 2. The average Bonchev–Trinajstić information content (AvgIpc) is 2.54. The SMILES string of the molecule is CC(=O)N[C@@H]1[C@@H](O)[C@@H](O)[C@@H](COC(C)=O)O[C@H]1n1cc(F)c(=O)[nH]c1=O. The van der Waals surface area contributed by atoms with Crippen LogP contribution >= 0.6 is 0 Å². The summed E-state index contributed by atoms with van der Waals surface area (Å²) in [6, 6.07) is -1.35. The van der Waals surface area contributed by atoms with E-state index in [1.54, 1.807) is 4.98 Å². The summed E-state index contributed by atoms with van der Waals surface area (Å²) in [5, 5.41) is 22.7. The summed E-state index contributed by atoms with van der Waals surface area (Å²) in [7, 11) is 0. The first-order valence-corrected chi connectivity index (χ1v) is 7.55. The van der Waals surface area contributed by atoms with Crippen molar-refractivity contribution >= 4 is 11.9 Å². The van der Waals surface area contributed by atoms with E-state index in [-0.39, 0.29) is 0 Å². The Balaban J connectivity index is 2.44. The number of ether oxygens (including phenoxy) is 2. The highest BCUT2D eigenvalue weighted by Crippen LogP contribution is 2.27. The number of hydrogen-bond donors (Lipinski definition) is 4. The number of carbonyl (C=O) groups is 2. The van der Waals surface area contributed by atoms with Gasteiger partial charge in [0, 0.05) is 13.8 Å². The van der Waals surface area contributed by atoms with Crippen molar-refractivity contribution < 1.29 is 33.7 Å². The molecular weight excluding hydrogens is 357 g/mol. The van der Waals surface area contributed by atoms with Gasteiger partial charge < -0.3 is 25.0 Å². The number of nitrogens with zero attached hydrogens (tertiary/aromatic N) is 1. The van der Waals surface area contributed by atoms with Crippen LogP contribution in [0, 0.1) is 5.82 Å². The molecule has 1 aromatic heterocycles. The van der Waals surface area contributed by atoms with Gasteiger partial charge in [0.15, 0.2) is 6.23 Å². The molecule has 1 amide bonds. The molecule has 1 aliphatic heterocycles. The number of aliphatic hydroxyl groups excluding tert-OH is 2. The van der Waals surface area contributed by atoms with Crippen molar-refractivity contribution in [3.63, 3.8) is 0 Å². The average molecular weight is 375 g/mol. The van der Waals surface area contributed by atoms with Crippen LogP contribution in [-0.4, -0.2) is 62.6 Å². The van der Waals surface area contributed by atoms with Crippen molar-refractivity contribution in [3.8, 4) is 0 Å². The molecule has 144 valence electrons. The number of aliphatic hydroxyl groups is 2. The standard InChI is InChI=1S/C14H18FN3O8/c1-5(19)16-9-11(22)10(21)8(4-25-6(2)20)26-13(9)18-3-7(15)12(23)17-14(18)24/h3,8-11,13,21-22H,4H2,1-2H3,(H,16,19)(H,17,23,24)/t8-,9-,10+,11-,13-/m1/s1. The maximum Gasteiger partial charge on any atom is 0.330 e. The summed E-state index contributed by atoms with van der Waals surface area (Å²) in [4.78, 5) is 47.3. The lowest BCUT2D eigenvalue weighted by atomic mass is 9.95. The molecule has 11 nitrogen and oxygen atoms in total. The van der Waals surface area contributed by atoms with E-state index < -0.39 is 66.1 Å². The zero-order valence-corrected chi connectivity index (χ0v) is 13.8. The Hall–Kier alpha value is -2.57. The molecule has 2 heterocycles. The monoisotopic (exact) mass is 375 g/mol. The van der Waals surface area contributed by atoms with E-state index in [9.17, 15) is 33.8 Å². The number of rotatable bonds is 4. The maximum absolute atomic E-state index is 13.6. The highest BCUT2D eigenvalue weighted by Gasteiger charge is 2.46. The molecule has 1 aromatic rings. The predicted octanol–water partition coefficient (Wildman–Crippen LogP) is -2.64. The van der Waals surface area contributed by atoms with Crippen LogP contribution in [-0.2, 0) is 19.1 Å². The molecule has 4 N–H and O–H groups in total. The lowest BCUT2D eigenvalue weighted by molar-refractivity contribution is -0.221. The molecule has 26 heavy (non-hydrogen) atoms. The first kappa shape index (κ1) is 19.8. The number of esters is 1. The van der Waals surface area contributed by atoms with E-state index >= 15 is 0 Å². The Labute approximate surface area is 145 Å². The second-order valence-corrected chi connectivity index (χ2v) is 5.72. The second kappa shape index (κ2) is 7.76. The molecule has 0 aliphatic carbocycles. The minimum Gasteiger partial charge on any atom is -0.463 e. The summed E-state index contributed by atoms with van der Waals surface area (Å²) in [5.41, 5.74) is -2.32. The molecular formula is C14H18FN3O8. The molecule has 2 rings (SSSR count). The Bertz CT molecular complexity index is 804. The molecule has 0 unspecified atom stereocenters. The lowest BCUT2D eigenvalue weighted by Crippen LogP contribution is -2.63. The molecule has 1 aliphatic rings. The molecule has 1 fully saturated rings. The van der Waals surface area contributed by atoms with E-state index in [2.05, 4.69) is 5.32 Å². The zero-order chi connectivity index (χ0) is 19.6. The van der Waals surface area contributed by atoms with Crippen molar-refractivity contribution in [1.82, 2.24) is 14.9 Å². The summed E-state index contributed by atoms with van der Waals surface area (Å²) in [6.07, 6.45) is -5.43. The fourth-order valence-electron chi connectivity index (χ4n) is 2.56. The van der Waals surface area contributed by atoms with Crippen LogP contribution < -0.4 is 16.6 Å². The van der Waals surface area contributed by atoms with Gasteiger partial charge in [0.1, 0.15) is 31.0 Å². The number of H-pyrrole nitrogens is 1. The van der Waals surface area contributed by atoms with Crippen LogP contribution in [0.15, 0.2) is 15.8 Å². The molecule has 0 radical (unpaired) electrons. The molecule has 12 heteroatoms. The van der Waals surface area contributed by atoms with E-state index in [0.717, 1.165) is 13.8 Å². The topological polar surface area (TPSA) is 160 Å². The zero-order valence-electron chi connectivity index (χ0n) is 13.8. The van der Waals surface area contributed by atoms with Gasteiger partial charge in [-0.15, -0.1) is 0 Å². The third-order valence-electron chi connectivity index (χ3n) is 3.74. The fourth-order valence-corrected chi connectivity index (χ4v) is 2.56. The van der Waals surface area contributed by atoms with Crippen molar-refractivity contribution in [3.05, 3.63) is 32.9 Å². The van der Waals surface area contributed by atoms with Gasteiger partial charge in [-0.3, -0.25) is 23.9 Å². The van der Waals surface area contributed by atoms with Crippen LogP contribution in [0.5, 0.6) is 0 Å². The van der Waals surface area contributed by atoms with Crippen molar-refractivity contribution in [1.29, 1.82) is 0 Å². The smallest absolute Gasteiger partial charge is 0.330 e. The summed E-state index contributed by atoms with van der Waals surface area (Å²) in [5.74, 6) is -2.60. The van der Waals surface area contributed by atoms with Crippen LogP contribution in [0.1, 0.15) is 20.1 Å². The number of halogens is 1. The number of amides is 1. The van der Waals surface area contributed by atoms with Crippen LogP contribution in [0.4, 0.5) is 4.39 Å². The number of carbonyl (C=O) groups excluding carboxylic acids is 2. The Morgan fingerprint density at radius 1 is 1.35 bits per heavy atom. The van der Waals surface area contributed by atoms with Crippen molar-refractivity contribution in [2.75, 3.05) is 6.61 Å². The van der Waals surface area contributed by atoms with E-state index in [1.165, 1.54) is 0 Å². The summed E-state index contributed by atoms with van der Waals surface area (Å²) < 4.78 is 24.4. The third kappa shape index (κ3) is 4.15. The molecule has 1 saturated heterocycles. The normalized spacial score (nSPS) is 28.4. The van der Waals surface area contributed by atoms with Crippen LogP contribution in [0.3, 0.4) is 0 Å². The van der Waals surface area contributed by atoms with Crippen LogP contribution in [0.25, 0.3) is 0 Å². The highest BCUT2D eigenvalue weighted by molar-refractivity contribution is 5.73. The second-order valence-electron chi connectivity index (χ2n) is 5.72. The van der Waals surface area contributed by atoms with E-state index in [4.69, 9.17) is 9.47 Å². The summed E-state index contributed by atoms with van der Waals surface area (Å²) >= 11 is 0. The van der Waals surface area contributed by atoms with Crippen LogP contribution in [0.2, 0.25) is 0 Å². The largest absolute Gasteiger partial charge is 0.463 e. The Kier molecular flexibility index (Phi) is 5.90. The lowest BCUT2D eigenvalue weighted by Gasteiger charge is -2.43. The summed E-state index contributed by atoms with van der Waals surface area (Å²) in [6.45, 7) is 1.78. The minimum atomic E-state index is -1.64. The maximum atomic E-state index is 13.6. The molecule has 0 bridgehead atoms. The first-order valence-electron chi connectivity index (χ1n) is 7.55. The molecule has 0 aromatic carbocycles. The molecule has 0 spiro atoms. The minimum absolute atomic E-state index is 0.461. The quantitative estimate of drug-likeness (QED) is 0.416. The first-order chi connectivity index (χ1) is 12.1. The number of aromatic nitrogens is 2. The van der Waals surface area contributed by atoms with Gasteiger partial charge in [0.05, 0.1) is 6.20 Å². The van der Waals surface area contributed by atoms with E-state index in [1.807, 2.05) is 0 Å². The third-order valence-corrected chi connectivity index (χ3v) is 3.74.